The highest BCUT2D eigenvalue weighted by atomic mass is 32.2. The average molecular weight is 236 g/mol. The number of hydrogen-bond acceptors (Lipinski definition) is 4. The Hall–Kier alpha value is -1.13. The molecule has 0 aromatic heterocycles. The summed E-state index contributed by atoms with van der Waals surface area (Å²) in [4.78, 5) is 24.2. The minimum absolute atomic E-state index is 0.297. The van der Waals surface area contributed by atoms with E-state index in [4.69, 9.17) is 0 Å². The molecule has 1 N–H and O–H groups in total. The van der Waals surface area contributed by atoms with E-state index in [0.717, 1.165) is 16.7 Å². The SMILES string of the molecule is CC(=O)C1(C(C)=O)Sc2ccccc2C1O. The maximum atomic E-state index is 11.7. The first-order chi connectivity index (χ1) is 7.50. The van der Waals surface area contributed by atoms with Crippen LogP contribution in [0.25, 0.3) is 0 Å². The van der Waals surface area contributed by atoms with E-state index in [1.807, 2.05) is 12.1 Å². The Balaban J connectivity index is 2.57. The number of ketones is 2. The molecule has 0 fully saturated rings. The lowest BCUT2D eigenvalue weighted by atomic mass is 9.89. The number of fused-ring (bicyclic) bond motifs is 1. The molecule has 1 heterocycles. The zero-order valence-electron chi connectivity index (χ0n) is 9.06. The molecule has 1 unspecified atom stereocenters. The fraction of sp³-hybridized carbons (Fsp3) is 0.333. The first kappa shape index (κ1) is 11.4. The van der Waals surface area contributed by atoms with E-state index >= 15 is 0 Å². The molecule has 1 aromatic rings. The fourth-order valence-corrected chi connectivity index (χ4v) is 3.34. The van der Waals surface area contributed by atoms with Gasteiger partial charge in [-0.3, -0.25) is 9.59 Å². The van der Waals surface area contributed by atoms with Crippen LogP contribution < -0.4 is 0 Å². The minimum Gasteiger partial charge on any atom is -0.386 e. The van der Waals surface area contributed by atoms with Gasteiger partial charge < -0.3 is 5.11 Å². The standard InChI is InChI=1S/C12H12O3S/c1-7(13)12(8(2)14)11(15)9-5-3-4-6-10(9)16-12/h3-6,11,15H,1-2H3. The Kier molecular flexibility index (Phi) is 2.64. The van der Waals surface area contributed by atoms with Gasteiger partial charge in [0.15, 0.2) is 16.3 Å². The summed E-state index contributed by atoms with van der Waals surface area (Å²) < 4.78 is -1.34. The monoisotopic (exact) mass is 236 g/mol. The molecule has 16 heavy (non-hydrogen) atoms. The second-order valence-electron chi connectivity index (χ2n) is 3.89. The molecule has 4 heteroatoms. The number of carbonyl (C=O) groups is 2. The van der Waals surface area contributed by atoms with Crippen molar-refractivity contribution in [3.8, 4) is 0 Å². The summed E-state index contributed by atoms with van der Waals surface area (Å²) in [6.07, 6.45) is -1.04. The predicted octanol–water partition coefficient (Wildman–Crippen LogP) is 1.74. The van der Waals surface area contributed by atoms with Gasteiger partial charge in [0.25, 0.3) is 0 Å². The molecule has 1 aromatic carbocycles. The zero-order chi connectivity index (χ0) is 11.9. The van der Waals surface area contributed by atoms with Crippen molar-refractivity contribution >= 4 is 23.3 Å². The van der Waals surface area contributed by atoms with E-state index < -0.39 is 10.9 Å². The maximum Gasteiger partial charge on any atom is 0.166 e. The van der Waals surface area contributed by atoms with Gasteiger partial charge in [0.2, 0.25) is 0 Å². The van der Waals surface area contributed by atoms with Crippen LogP contribution in [0.4, 0.5) is 0 Å². The third-order valence-corrected chi connectivity index (χ3v) is 4.63. The maximum absolute atomic E-state index is 11.7. The summed E-state index contributed by atoms with van der Waals surface area (Å²) in [5.74, 6) is -0.595. The first-order valence-electron chi connectivity index (χ1n) is 4.98. The van der Waals surface area contributed by atoms with Crippen LogP contribution in [0.1, 0.15) is 25.5 Å². The number of benzene rings is 1. The molecule has 84 valence electrons. The summed E-state index contributed by atoms with van der Waals surface area (Å²) in [5.41, 5.74) is 0.665. The van der Waals surface area contributed by atoms with Crippen LogP contribution in [-0.4, -0.2) is 21.4 Å². The number of rotatable bonds is 2. The Bertz CT molecular complexity index is 453. The molecule has 0 bridgehead atoms. The van der Waals surface area contributed by atoms with E-state index in [0.29, 0.717) is 5.56 Å². The smallest absolute Gasteiger partial charge is 0.166 e. The Morgan fingerprint density at radius 1 is 1.25 bits per heavy atom. The summed E-state index contributed by atoms with van der Waals surface area (Å²) >= 11 is 1.16. The summed E-state index contributed by atoms with van der Waals surface area (Å²) in [5, 5.41) is 10.2. The van der Waals surface area contributed by atoms with Crippen molar-refractivity contribution in [1.29, 1.82) is 0 Å². The highest BCUT2D eigenvalue weighted by molar-refractivity contribution is 8.02. The quantitative estimate of drug-likeness (QED) is 0.795. The highest BCUT2D eigenvalue weighted by Gasteiger charge is 2.53. The number of Topliss-reactive ketones (excluding diaryl/α,β-unsaturated/α-hetero) is 2. The van der Waals surface area contributed by atoms with Crippen LogP contribution >= 0.6 is 11.8 Å². The molecule has 0 saturated carbocycles. The van der Waals surface area contributed by atoms with Gasteiger partial charge in [0.05, 0.1) is 0 Å². The Morgan fingerprint density at radius 3 is 2.31 bits per heavy atom. The number of hydrogen-bond donors (Lipinski definition) is 1. The molecule has 2 rings (SSSR count). The third kappa shape index (κ3) is 1.33. The third-order valence-electron chi connectivity index (χ3n) is 2.92. The molecular formula is C12H12O3S. The lowest BCUT2D eigenvalue weighted by Crippen LogP contribution is -2.43. The Labute approximate surface area is 97.9 Å². The highest BCUT2D eigenvalue weighted by Crippen LogP contribution is 2.52. The van der Waals surface area contributed by atoms with Crippen molar-refractivity contribution in [3.63, 3.8) is 0 Å². The van der Waals surface area contributed by atoms with Crippen molar-refractivity contribution in [2.24, 2.45) is 0 Å². The lowest BCUT2D eigenvalue weighted by molar-refractivity contribution is -0.132. The topological polar surface area (TPSA) is 54.4 Å². The van der Waals surface area contributed by atoms with Gasteiger partial charge in [-0.05, 0) is 25.5 Å². The molecule has 0 amide bonds. The van der Waals surface area contributed by atoms with Gasteiger partial charge >= 0.3 is 0 Å². The molecule has 0 spiro atoms. The van der Waals surface area contributed by atoms with E-state index in [1.165, 1.54) is 13.8 Å². The van der Waals surface area contributed by atoms with E-state index in [1.54, 1.807) is 12.1 Å². The van der Waals surface area contributed by atoms with E-state index in [-0.39, 0.29) is 11.6 Å². The number of aliphatic hydroxyl groups excluding tert-OH is 1. The van der Waals surface area contributed by atoms with Crippen molar-refractivity contribution in [3.05, 3.63) is 29.8 Å². The van der Waals surface area contributed by atoms with Gasteiger partial charge in [-0.1, -0.05) is 30.0 Å². The molecule has 0 saturated heterocycles. The molecule has 3 nitrogen and oxygen atoms in total. The second kappa shape index (κ2) is 3.71. The van der Waals surface area contributed by atoms with E-state index in [9.17, 15) is 14.7 Å². The number of carbonyl (C=O) groups excluding carboxylic acids is 2. The largest absolute Gasteiger partial charge is 0.386 e. The van der Waals surface area contributed by atoms with Crippen molar-refractivity contribution in [1.82, 2.24) is 0 Å². The lowest BCUT2D eigenvalue weighted by Gasteiger charge is -2.25. The van der Waals surface area contributed by atoms with Gasteiger partial charge in [-0.15, -0.1) is 0 Å². The summed E-state index contributed by atoms with van der Waals surface area (Å²) in [6, 6.07) is 7.19. The van der Waals surface area contributed by atoms with Crippen LogP contribution in [0.15, 0.2) is 29.2 Å². The van der Waals surface area contributed by atoms with Gasteiger partial charge in [0.1, 0.15) is 6.10 Å². The van der Waals surface area contributed by atoms with Crippen molar-refractivity contribution in [2.45, 2.75) is 29.6 Å². The molecule has 1 aliphatic rings. The first-order valence-corrected chi connectivity index (χ1v) is 5.80. The normalized spacial score (nSPS) is 21.6. The van der Waals surface area contributed by atoms with E-state index in [2.05, 4.69) is 0 Å². The van der Waals surface area contributed by atoms with Crippen LogP contribution in [0, 0.1) is 0 Å². The Morgan fingerprint density at radius 2 is 1.81 bits per heavy atom. The zero-order valence-corrected chi connectivity index (χ0v) is 9.88. The molecule has 0 aliphatic carbocycles. The molecule has 1 atom stereocenters. The van der Waals surface area contributed by atoms with Crippen molar-refractivity contribution < 1.29 is 14.7 Å². The van der Waals surface area contributed by atoms with Gasteiger partial charge in [-0.25, -0.2) is 0 Å². The van der Waals surface area contributed by atoms with Crippen LogP contribution in [0.5, 0.6) is 0 Å². The number of aliphatic hydroxyl groups is 1. The van der Waals surface area contributed by atoms with Gasteiger partial charge in [0, 0.05) is 4.90 Å². The fourth-order valence-electron chi connectivity index (χ4n) is 2.02. The molecule has 1 aliphatic heterocycles. The summed E-state index contributed by atoms with van der Waals surface area (Å²) in [6.45, 7) is 2.70. The number of thioether (sulfide) groups is 1. The predicted molar refractivity (Wildman–Crippen MR) is 61.4 cm³/mol. The minimum atomic E-state index is -1.34. The van der Waals surface area contributed by atoms with Crippen LogP contribution in [-0.2, 0) is 9.59 Å². The summed E-state index contributed by atoms with van der Waals surface area (Å²) in [7, 11) is 0. The average Bonchev–Trinajstić information content (AvgIpc) is 2.54. The van der Waals surface area contributed by atoms with Crippen molar-refractivity contribution in [2.75, 3.05) is 0 Å². The van der Waals surface area contributed by atoms with Crippen LogP contribution in [0.2, 0.25) is 0 Å². The van der Waals surface area contributed by atoms with Gasteiger partial charge in [-0.2, -0.15) is 0 Å². The van der Waals surface area contributed by atoms with Crippen LogP contribution in [0.3, 0.4) is 0 Å². The molecule has 0 radical (unpaired) electrons. The second-order valence-corrected chi connectivity index (χ2v) is 5.18. The molecular weight excluding hydrogens is 224 g/mol.